The molecule has 4 nitrogen and oxygen atoms in total. The number of nitrogens with one attached hydrogen (secondary N) is 1. The van der Waals surface area contributed by atoms with E-state index in [1.54, 1.807) is 12.1 Å². The van der Waals surface area contributed by atoms with Crippen LogP contribution in [0.3, 0.4) is 0 Å². The lowest BCUT2D eigenvalue weighted by Gasteiger charge is -2.14. The summed E-state index contributed by atoms with van der Waals surface area (Å²) in [6, 6.07) is 6.98. The summed E-state index contributed by atoms with van der Waals surface area (Å²) in [6.45, 7) is 5.12. The fourth-order valence-corrected chi connectivity index (χ4v) is 2.35. The largest absolute Gasteiger partial charge is 0.310 e. The van der Waals surface area contributed by atoms with E-state index in [1.165, 1.54) is 32.1 Å². The van der Waals surface area contributed by atoms with Crippen LogP contribution in [0.25, 0.3) is 0 Å². The fraction of sp³-hybridized carbons (Fsp3) is 0.625. The molecule has 1 aromatic rings. The summed E-state index contributed by atoms with van der Waals surface area (Å²) in [5.74, 6) is 0. The molecule has 4 heteroatoms. The van der Waals surface area contributed by atoms with Gasteiger partial charge in [-0.3, -0.25) is 10.1 Å². The van der Waals surface area contributed by atoms with Gasteiger partial charge in [0.15, 0.2) is 0 Å². The molecule has 1 N–H and O–H groups in total. The predicted octanol–water partition coefficient (Wildman–Crippen LogP) is 4.61. The van der Waals surface area contributed by atoms with Crippen molar-refractivity contribution in [1.29, 1.82) is 0 Å². The molecular weight excluding hydrogens is 252 g/mol. The van der Waals surface area contributed by atoms with Gasteiger partial charge in [0, 0.05) is 17.7 Å². The van der Waals surface area contributed by atoms with E-state index in [4.69, 9.17) is 0 Å². The monoisotopic (exact) mass is 278 g/mol. The highest BCUT2D eigenvalue weighted by Gasteiger charge is 2.17. The third kappa shape index (κ3) is 5.70. The average Bonchev–Trinajstić information content (AvgIpc) is 2.46. The molecule has 0 saturated carbocycles. The number of hydrogen-bond acceptors (Lipinski definition) is 3. The van der Waals surface area contributed by atoms with Crippen molar-refractivity contribution in [2.75, 3.05) is 6.54 Å². The Morgan fingerprint density at radius 1 is 1.15 bits per heavy atom. The molecule has 0 aliphatic heterocycles. The van der Waals surface area contributed by atoms with Gasteiger partial charge in [-0.15, -0.1) is 0 Å². The molecule has 0 bridgehead atoms. The Morgan fingerprint density at radius 3 is 2.50 bits per heavy atom. The predicted molar refractivity (Wildman–Crippen MR) is 82.9 cm³/mol. The maximum absolute atomic E-state index is 11.0. The molecule has 0 aromatic heterocycles. The Morgan fingerprint density at radius 2 is 1.80 bits per heavy atom. The molecule has 0 saturated heterocycles. The first-order valence-electron chi connectivity index (χ1n) is 7.63. The number of nitro groups is 1. The third-order valence-electron chi connectivity index (χ3n) is 3.58. The van der Waals surface area contributed by atoms with E-state index in [2.05, 4.69) is 12.2 Å². The van der Waals surface area contributed by atoms with Crippen LogP contribution in [0.5, 0.6) is 0 Å². The van der Waals surface area contributed by atoms with Gasteiger partial charge in [-0.2, -0.15) is 0 Å². The summed E-state index contributed by atoms with van der Waals surface area (Å²) in [4.78, 5) is 10.7. The molecule has 20 heavy (non-hydrogen) atoms. The average molecular weight is 278 g/mol. The van der Waals surface area contributed by atoms with Crippen LogP contribution in [0, 0.1) is 10.1 Å². The van der Waals surface area contributed by atoms with Gasteiger partial charge in [-0.05, 0) is 19.9 Å². The first-order chi connectivity index (χ1) is 9.66. The number of nitro benzene ring substituents is 1. The number of benzene rings is 1. The molecule has 1 rings (SSSR count). The van der Waals surface area contributed by atoms with Crippen molar-refractivity contribution in [3.8, 4) is 0 Å². The molecule has 1 unspecified atom stereocenters. The lowest BCUT2D eigenvalue weighted by Crippen LogP contribution is -2.20. The highest BCUT2D eigenvalue weighted by atomic mass is 16.6. The van der Waals surface area contributed by atoms with Crippen molar-refractivity contribution in [3.05, 3.63) is 39.9 Å². The Hall–Kier alpha value is -1.42. The summed E-state index contributed by atoms with van der Waals surface area (Å²) < 4.78 is 0. The van der Waals surface area contributed by atoms with Crippen LogP contribution >= 0.6 is 0 Å². The first kappa shape index (κ1) is 16.6. The van der Waals surface area contributed by atoms with Gasteiger partial charge in [0.1, 0.15) is 0 Å². The molecule has 0 radical (unpaired) electrons. The second kappa shape index (κ2) is 9.48. The SMILES string of the molecule is CCCCCCCCNC(C)c1ccccc1[N+](=O)[O-]. The second-order valence-corrected chi connectivity index (χ2v) is 5.26. The molecule has 0 fully saturated rings. The van der Waals surface area contributed by atoms with Crippen molar-refractivity contribution >= 4 is 5.69 Å². The van der Waals surface area contributed by atoms with Gasteiger partial charge in [0.2, 0.25) is 0 Å². The Balaban J connectivity index is 2.32. The minimum absolute atomic E-state index is 0.0206. The zero-order chi connectivity index (χ0) is 14.8. The smallest absolute Gasteiger partial charge is 0.274 e. The molecule has 0 aliphatic rings. The molecule has 1 aromatic carbocycles. The minimum atomic E-state index is -0.307. The van der Waals surface area contributed by atoms with Crippen LogP contribution in [0.15, 0.2) is 24.3 Å². The van der Waals surface area contributed by atoms with Crippen molar-refractivity contribution in [2.45, 2.75) is 58.4 Å². The van der Waals surface area contributed by atoms with Crippen LogP contribution in [-0.4, -0.2) is 11.5 Å². The topological polar surface area (TPSA) is 55.2 Å². The highest BCUT2D eigenvalue weighted by Crippen LogP contribution is 2.24. The van der Waals surface area contributed by atoms with Gasteiger partial charge < -0.3 is 5.32 Å². The van der Waals surface area contributed by atoms with E-state index in [0.717, 1.165) is 18.5 Å². The van der Waals surface area contributed by atoms with Crippen LogP contribution < -0.4 is 5.32 Å². The van der Waals surface area contributed by atoms with Crippen molar-refractivity contribution in [1.82, 2.24) is 5.32 Å². The normalized spacial score (nSPS) is 12.3. The zero-order valence-corrected chi connectivity index (χ0v) is 12.6. The number of nitrogens with zero attached hydrogens (tertiary/aromatic N) is 1. The standard InChI is InChI=1S/C16H26N2O2/c1-3-4-5-6-7-10-13-17-14(2)15-11-8-9-12-16(15)18(19)20/h8-9,11-12,14,17H,3-7,10,13H2,1-2H3. The number of para-hydroxylation sites is 1. The number of hydrogen-bond donors (Lipinski definition) is 1. The Labute approximate surface area is 121 Å². The van der Waals surface area contributed by atoms with E-state index < -0.39 is 0 Å². The molecule has 0 heterocycles. The zero-order valence-electron chi connectivity index (χ0n) is 12.6. The lowest BCUT2D eigenvalue weighted by atomic mass is 10.1. The van der Waals surface area contributed by atoms with Crippen LogP contribution in [0.1, 0.15) is 64.0 Å². The summed E-state index contributed by atoms with van der Waals surface area (Å²) in [5.41, 5.74) is 0.971. The summed E-state index contributed by atoms with van der Waals surface area (Å²) >= 11 is 0. The molecule has 0 aliphatic carbocycles. The second-order valence-electron chi connectivity index (χ2n) is 5.26. The van der Waals surface area contributed by atoms with Crippen molar-refractivity contribution in [2.24, 2.45) is 0 Å². The molecule has 0 amide bonds. The van der Waals surface area contributed by atoms with Gasteiger partial charge in [-0.25, -0.2) is 0 Å². The maximum Gasteiger partial charge on any atom is 0.274 e. The van der Waals surface area contributed by atoms with E-state index in [9.17, 15) is 10.1 Å². The van der Waals surface area contributed by atoms with Gasteiger partial charge in [-0.1, -0.05) is 57.2 Å². The van der Waals surface area contributed by atoms with Crippen molar-refractivity contribution in [3.63, 3.8) is 0 Å². The Bertz CT molecular complexity index is 407. The highest BCUT2D eigenvalue weighted by molar-refractivity contribution is 5.41. The Kier molecular flexibility index (Phi) is 7.88. The summed E-state index contributed by atoms with van der Waals surface area (Å²) in [7, 11) is 0. The number of unbranched alkanes of at least 4 members (excludes halogenated alkanes) is 5. The molecule has 1 atom stereocenters. The van der Waals surface area contributed by atoms with E-state index in [-0.39, 0.29) is 16.7 Å². The summed E-state index contributed by atoms with van der Waals surface area (Å²) in [5, 5.41) is 14.4. The van der Waals surface area contributed by atoms with E-state index in [0.29, 0.717) is 0 Å². The third-order valence-corrected chi connectivity index (χ3v) is 3.58. The minimum Gasteiger partial charge on any atom is -0.310 e. The first-order valence-corrected chi connectivity index (χ1v) is 7.63. The van der Waals surface area contributed by atoms with Gasteiger partial charge >= 0.3 is 0 Å². The lowest BCUT2D eigenvalue weighted by molar-refractivity contribution is -0.385. The molecular formula is C16H26N2O2. The van der Waals surface area contributed by atoms with Crippen LogP contribution in [0.2, 0.25) is 0 Å². The van der Waals surface area contributed by atoms with Crippen molar-refractivity contribution < 1.29 is 4.92 Å². The quantitative estimate of drug-likeness (QED) is 0.386. The maximum atomic E-state index is 11.0. The molecule has 0 spiro atoms. The molecule has 112 valence electrons. The van der Waals surface area contributed by atoms with Gasteiger partial charge in [0.05, 0.1) is 4.92 Å². The summed E-state index contributed by atoms with van der Waals surface area (Å²) in [6.07, 6.45) is 7.56. The fourth-order valence-electron chi connectivity index (χ4n) is 2.35. The van der Waals surface area contributed by atoms with Crippen LogP contribution in [-0.2, 0) is 0 Å². The van der Waals surface area contributed by atoms with Crippen LogP contribution in [0.4, 0.5) is 5.69 Å². The number of rotatable bonds is 10. The van der Waals surface area contributed by atoms with Gasteiger partial charge in [0.25, 0.3) is 5.69 Å². The van der Waals surface area contributed by atoms with E-state index in [1.807, 2.05) is 19.1 Å². The van der Waals surface area contributed by atoms with E-state index >= 15 is 0 Å².